The molecule has 7 nitrogen and oxygen atoms in total. The highest BCUT2D eigenvalue weighted by atomic mass is 32.2. The van der Waals surface area contributed by atoms with Gasteiger partial charge in [-0.15, -0.1) is 0 Å². The Kier molecular flexibility index (Phi) is 7.00. The molecule has 1 aromatic heterocycles. The standard InChI is InChI=1S/C20H27N5O2S/c21-20(23-12-10-18-8-2-3-11-22-18)24-16-17-7-6-9-19(15-17)28(26,27)25-13-4-1-5-14-25/h2-3,6-9,11,15H,1,4-5,10,12-14,16H2,(H3,21,23,24). The van der Waals surface area contributed by atoms with E-state index in [1.807, 2.05) is 24.3 Å². The zero-order chi connectivity index (χ0) is 19.8. The van der Waals surface area contributed by atoms with Crippen LogP contribution in [0.4, 0.5) is 0 Å². The fraction of sp³-hybridized carbons (Fsp3) is 0.400. The van der Waals surface area contributed by atoms with Crippen molar-refractivity contribution in [3.63, 3.8) is 0 Å². The summed E-state index contributed by atoms with van der Waals surface area (Å²) in [6.45, 7) is 2.15. The highest BCUT2D eigenvalue weighted by molar-refractivity contribution is 7.89. The van der Waals surface area contributed by atoms with E-state index in [2.05, 4.69) is 15.3 Å². The maximum Gasteiger partial charge on any atom is 0.243 e. The van der Waals surface area contributed by atoms with Gasteiger partial charge in [0, 0.05) is 37.9 Å². The number of rotatable bonds is 7. The highest BCUT2D eigenvalue weighted by Gasteiger charge is 2.25. The van der Waals surface area contributed by atoms with E-state index in [4.69, 9.17) is 5.73 Å². The van der Waals surface area contributed by atoms with Crippen LogP contribution < -0.4 is 11.1 Å². The van der Waals surface area contributed by atoms with Crippen LogP contribution >= 0.6 is 0 Å². The Morgan fingerprint density at radius 1 is 1.14 bits per heavy atom. The van der Waals surface area contributed by atoms with Crippen LogP contribution in [0.5, 0.6) is 0 Å². The summed E-state index contributed by atoms with van der Waals surface area (Å²) >= 11 is 0. The van der Waals surface area contributed by atoms with E-state index < -0.39 is 10.0 Å². The summed E-state index contributed by atoms with van der Waals surface area (Å²) in [4.78, 5) is 8.90. The Balaban J connectivity index is 1.57. The number of piperidine rings is 1. The van der Waals surface area contributed by atoms with Gasteiger partial charge in [0.05, 0.1) is 11.4 Å². The van der Waals surface area contributed by atoms with Gasteiger partial charge in [-0.3, -0.25) is 4.98 Å². The largest absolute Gasteiger partial charge is 0.370 e. The van der Waals surface area contributed by atoms with Gasteiger partial charge >= 0.3 is 0 Å². The summed E-state index contributed by atoms with van der Waals surface area (Å²) < 4.78 is 27.2. The van der Waals surface area contributed by atoms with Crippen molar-refractivity contribution in [1.82, 2.24) is 14.6 Å². The molecule has 0 aliphatic carbocycles. The molecule has 3 rings (SSSR count). The molecule has 1 saturated heterocycles. The van der Waals surface area contributed by atoms with Gasteiger partial charge in [0.15, 0.2) is 5.96 Å². The summed E-state index contributed by atoms with van der Waals surface area (Å²) in [5.74, 6) is 0.334. The normalized spacial score (nSPS) is 16.1. The van der Waals surface area contributed by atoms with Crippen LogP contribution in [-0.2, 0) is 23.0 Å². The molecule has 8 heteroatoms. The monoisotopic (exact) mass is 401 g/mol. The van der Waals surface area contributed by atoms with Crippen molar-refractivity contribution in [2.24, 2.45) is 10.7 Å². The van der Waals surface area contributed by atoms with Crippen LogP contribution in [0.2, 0.25) is 0 Å². The number of hydrogen-bond acceptors (Lipinski definition) is 4. The van der Waals surface area contributed by atoms with Gasteiger partial charge in [0.25, 0.3) is 0 Å². The number of hydrogen-bond donors (Lipinski definition) is 2. The van der Waals surface area contributed by atoms with Crippen molar-refractivity contribution in [3.8, 4) is 0 Å². The molecule has 28 heavy (non-hydrogen) atoms. The maximum absolute atomic E-state index is 12.8. The maximum atomic E-state index is 12.8. The van der Waals surface area contributed by atoms with Crippen LogP contribution in [0.15, 0.2) is 58.5 Å². The second kappa shape index (κ2) is 9.66. The number of aromatic nitrogens is 1. The van der Waals surface area contributed by atoms with Gasteiger partial charge in [0.2, 0.25) is 10.0 Å². The third-order valence-electron chi connectivity index (χ3n) is 4.70. The Morgan fingerprint density at radius 2 is 1.96 bits per heavy atom. The zero-order valence-electron chi connectivity index (χ0n) is 15.9. The minimum atomic E-state index is -3.44. The molecular formula is C20H27N5O2S. The molecule has 2 heterocycles. The Labute approximate surface area is 166 Å². The third kappa shape index (κ3) is 5.53. The molecular weight excluding hydrogens is 374 g/mol. The molecule has 0 amide bonds. The SMILES string of the molecule is NC(=NCc1cccc(S(=O)(=O)N2CCCCC2)c1)NCCc1ccccn1. The minimum Gasteiger partial charge on any atom is -0.370 e. The molecule has 150 valence electrons. The molecule has 0 spiro atoms. The van der Waals surface area contributed by atoms with Crippen LogP contribution in [0, 0.1) is 0 Å². The van der Waals surface area contributed by atoms with Crippen molar-refractivity contribution < 1.29 is 8.42 Å². The van der Waals surface area contributed by atoms with Gasteiger partial charge in [-0.2, -0.15) is 4.31 Å². The van der Waals surface area contributed by atoms with Crippen LogP contribution in [0.3, 0.4) is 0 Å². The van der Waals surface area contributed by atoms with E-state index in [0.717, 1.165) is 36.9 Å². The van der Waals surface area contributed by atoms with E-state index in [-0.39, 0.29) is 0 Å². The van der Waals surface area contributed by atoms with Crippen LogP contribution in [-0.4, -0.2) is 43.3 Å². The summed E-state index contributed by atoms with van der Waals surface area (Å²) in [5.41, 5.74) is 7.72. The molecule has 3 N–H and O–H groups in total. The lowest BCUT2D eigenvalue weighted by Gasteiger charge is -2.26. The van der Waals surface area contributed by atoms with Crippen molar-refractivity contribution in [2.75, 3.05) is 19.6 Å². The van der Waals surface area contributed by atoms with Gasteiger partial charge in [0.1, 0.15) is 0 Å². The molecule has 1 aliphatic rings. The highest BCUT2D eigenvalue weighted by Crippen LogP contribution is 2.21. The van der Waals surface area contributed by atoms with Crippen molar-refractivity contribution >= 4 is 16.0 Å². The molecule has 1 fully saturated rings. The predicted molar refractivity (Wildman–Crippen MR) is 110 cm³/mol. The number of nitrogens with two attached hydrogens (primary N) is 1. The summed E-state index contributed by atoms with van der Waals surface area (Å²) in [7, 11) is -3.44. The van der Waals surface area contributed by atoms with E-state index >= 15 is 0 Å². The average molecular weight is 402 g/mol. The molecule has 0 bridgehead atoms. The smallest absolute Gasteiger partial charge is 0.243 e. The fourth-order valence-corrected chi connectivity index (χ4v) is 4.74. The third-order valence-corrected chi connectivity index (χ3v) is 6.59. The Morgan fingerprint density at radius 3 is 2.71 bits per heavy atom. The summed E-state index contributed by atoms with van der Waals surface area (Å²) in [6.07, 6.45) is 5.44. The first-order valence-electron chi connectivity index (χ1n) is 9.58. The van der Waals surface area contributed by atoms with Crippen LogP contribution in [0.25, 0.3) is 0 Å². The van der Waals surface area contributed by atoms with Gasteiger partial charge < -0.3 is 11.1 Å². The van der Waals surface area contributed by atoms with Gasteiger partial charge in [-0.1, -0.05) is 24.6 Å². The Bertz CT molecular complexity index is 894. The lowest BCUT2D eigenvalue weighted by molar-refractivity contribution is 0.346. The summed E-state index contributed by atoms with van der Waals surface area (Å²) in [6, 6.07) is 12.7. The molecule has 2 aromatic rings. The number of sulfonamides is 1. The number of benzene rings is 1. The Hall–Kier alpha value is -2.45. The van der Waals surface area contributed by atoms with E-state index in [0.29, 0.717) is 37.0 Å². The molecule has 0 atom stereocenters. The van der Waals surface area contributed by atoms with Crippen molar-refractivity contribution in [2.45, 2.75) is 37.1 Å². The van der Waals surface area contributed by atoms with Gasteiger partial charge in [-0.25, -0.2) is 13.4 Å². The van der Waals surface area contributed by atoms with Crippen molar-refractivity contribution in [3.05, 3.63) is 59.9 Å². The first kappa shape index (κ1) is 20.3. The minimum absolute atomic E-state index is 0.323. The second-order valence-corrected chi connectivity index (χ2v) is 8.75. The zero-order valence-corrected chi connectivity index (χ0v) is 16.7. The quantitative estimate of drug-likeness (QED) is 0.545. The molecule has 1 aromatic carbocycles. The lowest BCUT2D eigenvalue weighted by atomic mass is 10.2. The predicted octanol–water partition coefficient (Wildman–Crippen LogP) is 1.90. The van der Waals surface area contributed by atoms with E-state index in [9.17, 15) is 8.42 Å². The summed E-state index contributed by atoms with van der Waals surface area (Å²) in [5, 5.41) is 3.06. The second-order valence-electron chi connectivity index (χ2n) is 6.81. The number of nitrogens with zero attached hydrogens (tertiary/aromatic N) is 3. The van der Waals surface area contributed by atoms with Gasteiger partial charge in [-0.05, 0) is 42.7 Å². The topological polar surface area (TPSA) is 101 Å². The van der Waals surface area contributed by atoms with Crippen molar-refractivity contribution in [1.29, 1.82) is 0 Å². The first-order chi connectivity index (χ1) is 13.6. The van der Waals surface area contributed by atoms with E-state index in [1.54, 1.807) is 28.7 Å². The lowest BCUT2D eigenvalue weighted by Crippen LogP contribution is -2.35. The molecule has 1 aliphatic heterocycles. The number of pyridine rings is 1. The number of nitrogens with one attached hydrogen (secondary N) is 1. The molecule has 0 radical (unpaired) electrons. The fourth-order valence-electron chi connectivity index (χ4n) is 3.16. The molecule has 0 saturated carbocycles. The number of guanidine groups is 1. The molecule has 0 unspecified atom stereocenters. The first-order valence-corrected chi connectivity index (χ1v) is 11.0. The van der Waals surface area contributed by atoms with Crippen LogP contribution in [0.1, 0.15) is 30.5 Å². The number of aliphatic imine (C=N–C) groups is 1. The van der Waals surface area contributed by atoms with E-state index in [1.165, 1.54) is 0 Å². The average Bonchev–Trinajstić information content (AvgIpc) is 2.74.